The lowest BCUT2D eigenvalue weighted by molar-refractivity contribution is 0.0115. The maximum absolute atomic E-state index is 12.7. The van der Waals surface area contributed by atoms with Crippen LogP contribution in [0.15, 0.2) is 24.3 Å². The molecule has 2 N–H and O–H groups in total. The molecule has 1 aromatic rings. The summed E-state index contributed by atoms with van der Waals surface area (Å²) in [5.41, 5.74) is 5.25. The van der Waals surface area contributed by atoms with Gasteiger partial charge in [0.2, 0.25) is 0 Å². The maximum Gasteiger partial charge on any atom is 0.264 e. The molecule has 0 radical (unpaired) electrons. The molecule has 0 fully saturated rings. The first-order chi connectivity index (χ1) is 6.03. The molecule has 0 bridgehead atoms. The average molecular weight is 226 g/mol. The SMILES string of the molecule is Cl.NCC(F)(F)Cc1ccc(F)cc1. The summed E-state index contributed by atoms with van der Waals surface area (Å²) in [6.45, 7) is -0.690. The van der Waals surface area contributed by atoms with Gasteiger partial charge in [-0.15, -0.1) is 12.4 Å². The Balaban J connectivity index is 0.00000169. The molecule has 1 rings (SSSR count). The van der Waals surface area contributed by atoms with E-state index in [-0.39, 0.29) is 12.4 Å². The Kier molecular flexibility index (Phi) is 4.94. The fraction of sp³-hybridized carbons (Fsp3) is 0.333. The van der Waals surface area contributed by atoms with E-state index in [9.17, 15) is 13.2 Å². The van der Waals surface area contributed by atoms with E-state index in [1.165, 1.54) is 12.1 Å². The zero-order chi connectivity index (χ0) is 9.90. The molecular formula is C9H11ClF3N. The fourth-order valence-electron chi connectivity index (χ4n) is 0.973. The zero-order valence-electron chi connectivity index (χ0n) is 7.34. The van der Waals surface area contributed by atoms with Crippen LogP contribution in [0, 0.1) is 5.82 Å². The van der Waals surface area contributed by atoms with Crippen LogP contribution in [0.3, 0.4) is 0 Å². The first-order valence-corrected chi connectivity index (χ1v) is 3.86. The highest BCUT2D eigenvalue weighted by atomic mass is 35.5. The quantitative estimate of drug-likeness (QED) is 0.840. The molecular weight excluding hydrogens is 215 g/mol. The number of hydrogen-bond donors (Lipinski definition) is 1. The Hall–Kier alpha value is -0.740. The Labute approximate surface area is 86.5 Å². The van der Waals surface area contributed by atoms with Crippen LogP contribution in [0.1, 0.15) is 5.56 Å². The van der Waals surface area contributed by atoms with Crippen LogP contribution < -0.4 is 5.73 Å². The lowest BCUT2D eigenvalue weighted by Gasteiger charge is -2.13. The van der Waals surface area contributed by atoms with Gasteiger partial charge in [0, 0.05) is 6.42 Å². The fourth-order valence-corrected chi connectivity index (χ4v) is 0.973. The molecule has 0 saturated heterocycles. The van der Waals surface area contributed by atoms with E-state index < -0.39 is 24.7 Å². The van der Waals surface area contributed by atoms with Gasteiger partial charge >= 0.3 is 0 Å². The summed E-state index contributed by atoms with van der Waals surface area (Å²) in [4.78, 5) is 0. The van der Waals surface area contributed by atoms with Gasteiger partial charge in [0.1, 0.15) is 5.82 Å². The van der Waals surface area contributed by atoms with E-state index in [1.54, 1.807) is 0 Å². The van der Waals surface area contributed by atoms with Gasteiger partial charge in [-0.3, -0.25) is 0 Å². The van der Waals surface area contributed by atoms with Crippen LogP contribution in [0.2, 0.25) is 0 Å². The second-order valence-electron chi connectivity index (χ2n) is 2.86. The zero-order valence-corrected chi connectivity index (χ0v) is 8.16. The number of halogens is 4. The maximum atomic E-state index is 12.7. The molecule has 0 aliphatic rings. The largest absolute Gasteiger partial charge is 0.325 e. The van der Waals surface area contributed by atoms with Crippen LogP contribution in [0.5, 0.6) is 0 Å². The lowest BCUT2D eigenvalue weighted by Crippen LogP contribution is -2.30. The van der Waals surface area contributed by atoms with Crippen molar-refractivity contribution in [3.63, 3.8) is 0 Å². The summed E-state index contributed by atoms with van der Waals surface area (Å²) in [6, 6.07) is 4.97. The van der Waals surface area contributed by atoms with E-state index in [2.05, 4.69) is 0 Å². The minimum absolute atomic E-state index is 0. The minimum atomic E-state index is -2.90. The van der Waals surface area contributed by atoms with E-state index in [1.807, 2.05) is 0 Å². The van der Waals surface area contributed by atoms with Crippen molar-refractivity contribution in [2.24, 2.45) is 5.73 Å². The molecule has 14 heavy (non-hydrogen) atoms. The van der Waals surface area contributed by atoms with Crippen LogP contribution in [-0.2, 0) is 6.42 Å². The standard InChI is InChI=1S/C9H10F3N.ClH/c10-8-3-1-7(2-4-8)5-9(11,12)6-13;/h1-4H,5-6,13H2;1H. The predicted octanol–water partition coefficient (Wildman–Crippen LogP) is 2.38. The molecule has 0 amide bonds. The van der Waals surface area contributed by atoms with Gasteiger partial charge in [0.05, 0.1) is 6.54 Å². The van der Waals surface area contributed by atoms with Crippen molar-refractivity contribution in [3.05, 3.63) is 35.6 Å². The van der Waals surface area contributed by atoms with Crippen molar-refractivity contribution in [2.75, 3.05) is 6.54 Å². The highest BCUT2D eigenvalue weighted by Gasteiger charge is 2.26. The molecule has 80 valence electrons. The molecule has 0 atom stereocenters. The van der Waals surface area contributed by atoms with Gasteiger partial charge in [0.25, 0.3) is 5.92 Å². The van der Waals surface area contributed by atoms with Crippen molar-refractivity contribution in [1.82, 2.24) is 0 Å². The molecule has 1 nitrogen and oxygen atoms in total. The third-order valence-electron chi connectivity index (χ3n) is 1.67. The second-order valence-corrected chi connectivity index (χ2v) is 2.86. The second kappa shape index (κ2) is 5.22. The van der Waals surface area contributed by atoms with Gasteiger partial charge < -0.3 is 5.73 Å². The van der Waals surface area contributed by atoms with E-state index >= 15 is 0 Å². The molecule has 1 aromatic carbocycles. The molecule has 0 unspecified atom stereocenters. The minimum Gasteiger partial charge on any atom is -0.325 e. The topological polar surface area (TPSA) is 26.0 Å². The first kappa shape index (κ1) is 13.3. The monoisotopic (exact) mass is 225 g/mol. The predicted molar refractivity (Wildman–Crippen MR) is 51.4 cm³/mol. The summed E-state index contributed by atoms with van der Waals surface area (Å²) < 4.78 is 37.8. The Morgan fingerprint density at radius 3 is 2.07 bits per heavy atom. The van der Waals surface area contributed by atoms with Crippen molar-refractivity contribution in [3.8, 4) is 0 Å². The summed E-state index contributed by atoms with van der Waals surface area (Å²) in [5.74, 6) is -3.34. The molecule has 0 saturated carbocycles. The van der Waals surface area contributed by atoms with Crippen molar-refractivity contribution in [1.29, 1.82) is 0 Å². The summed E-state index contributed by atoms with van der Waals surface area (Å²) in [6.07, 6.45) is -0.441. The average Bonchev–Trinajstić information content (AvgIpc) is 2.09. The number of benzene rings is 1. The summed E-state index contributed by atoms with van der Waals surface area (Å²) in [7, 11) is 0. The highest BCUT2D eigenvalue weighted by molar-refractivity contribution is 5.85. The Morgan fingerprint density at radius 1 is 1.14 bits per heavy atom. The van der Waals surface area contributed by atoms with Gasteiger partial charge in [-0.2, -0.15) is 0 Å². The van der Waals surface area contributed by atoms with Gasteiger partial charge in [-0.05, 0) is 17.7 Å². The summed E-state index contributed by atoms with van der Waals surface area (Å²) in [5, 5.41) is 0. The number of rotatable bonds is 3. The van der Waals surface area contributed by atoms with Crippen LogP contribution in [0.4, 0.5) is 13.2 Å². The Morgan fingerprint density at radius 2 is 1.64 bits per heavy atom. The van der Waals surface area contributed by atoms with Crippen molar-refractivity contribution >= 4 is 12.4 Å². The van der Waals surface area contributed by atoms with Crippen LogP contribution in [0.25, 0.3) is 0 Å². The number of hydrogen-bond acceptors (Lipinski definition) is 1. The van der Waals surface area contributed by atoms with Crippen LogP contribution in [-0.4, -0.2) is 12.5 Å². The van der Waals surface area contributed by atoms with E-state index in [0.29, 0.717) is 5.56 Å². The normalized spacial score (nSPS) is 10.9. The van der Waals surface area contributed by atoms with Crippen LogP contribution >= 0.6 is 12.4 Å². The van der Waals surface area contributed by atoms with Gasteiger partial charge in [0.15, 0.2) is 0 Å². The summed E-state index contributed by atoms with van der Waals surface area (Å²) >= 11 is 0. The molecule has 5 heteroatoms. The van der Waals surface area contributed by atoms with E-state index in [0.717, 1.165) is 12.1 Å². The van der Waals surface area contributed by atoms with E-state index in [4.69, 9.17) is 5.73 Å². The molecule has 0 heterocycles. The third-order valence-corrected chi connectivity index (χ3v) is 1.67. The molecule has 0 aliphatic heterocycles. The molecule has 0 aliphatic carbocycles. The van der Waals surface area contributed by atoms with Crippen molar-refractivity contribution in [2.45, 2.75) is 12.3 Å². The molecule has 0 aromatic heterocycles. The lowest BCUT2D eigenvalue weighted by atomic mass is 10.1. The molecule has 0 spiro atoms. The number of nitrogens with two attached hydrogens (primary N) is 1. The third kappa shape index (κ3) is 3.98. The van der Waals surface area contributed by atoms with Crippen molar-refractivity contribution < 1.29 is 13.2 Å². The number of alkyl halides is 2. The highest BCUT2D eigenvalue weighted by Crippen LogP contribution is 2.18. The Bertz CT molecular complexity index is 274. The first-order valence-electron chi connectivity index (χ1n) is 3.86. The van der Waals surface area contributed by atoms with Gasteiger partial charge in [-0.25, -0.2) is 13.2 Å². The smallest absolute Gasteiger partial charge is 0.264 e. The van der Waals surface area contributed by atoms with Gasteiger partial charge in [-0.1, -0.05) is 12.1 Å².